The number of hydrogen-bond acceptors (Lipinski definition) is 6. The number of carbonyl (C=O) groups is 3. The lowest BCUT2D eigenvalue weighted by Gasteiger charge is -2.18. The molecule has 0 fully saturated rings. The van der Waals surface area contributed by atoms with Crippen LogP contribution < -0.4 is 0 Å². The van der Waals surface area contributed by atoms with Crippen LogP contribution in [0.1, 0.15) is 425 Å². The summed E-state index contributed by atoms with van der Waals surface area (Å²) < 4.78 is 17.0. The Morgan fingerprint density at radius 1 is 0.232 bits per heavy atom. The van der Waals surface area contributed by atoms with Gasteiger partial charge in [0.25, 0.3) is 0 Å². The van der Waals surface area contributed by atoms with Gasteiger partial charge in [0.2, 0.25) is 0 Å². The quantitative estimate of drug-likeness (QED) is 0.0261. The largest absolute Gasteiger partial charge is 0.462 e. The molecule has 82 heavy (non-hydrogen) atoms. The molecule has 0 aromatic carbocycles. The summed E-state index contributed by atoms with van der Waals surface area (Å²) in [5.41, 5.74) is 0. The zero-order valence-electron chi connectivity index (χ0n) is 55.8. The molecular formula is C76H144O6. The monoisotopic (exact) mass is 1150 g/mol. The van der Waals surface area contributed by atoms with Crippen molar-refractivity contribution in [2.45, 2.75) is 431 Å². The Balaban J connectivity index is 4.28. The first-order valence-corrected chi connectivity index (χ1v) is 37.3. The first-order chi connectivity index (χ1) is 40.5. The molecule has 0 saturated heterocycles. The molecule has 6 heteroatoms. The van der Waals surface area contributed by atoms with Gasteiger partial charge in [-0.15, -0.1) is 0 Å². The summed E-state index contributed by atoms with van der Waals surface area (Å²) in [6, 6.07) is 0. The van der Waals surface area contributed by atoms with Gasteiger partial charge in [0.1, 0.15) is 13.2 Å². The maximum atomic E-state index is 13.0. The van der Waals surface area contributed by atoms with Crippen LogP contribution in [-0.2, 0) is 28.6 Å². The molecule has 484 valence electrons. The van der Waals surface area contributed by atoms with E-state index in [9.17, 15) is 14.4 Å². The number of hydrogen-bond donors (Lipinski definition) is 0. The van der Waals surface area contributed by atoms with E-state index in [-0.39, 0.29) is 31.1 Å². The molecular weight excluding hydrogens is 1010 g/mol. The van der Waals surface area contributed by atoms with Crippen LogP contribution in [0.5, 0.6) is 0 Å². The lowest BCUT2D eigenvalue weighted by Crippen LogP contribution is -2.30. The van der Waals surface area contributed by atoms with E-state index in [0.717, 1.165) is 57.8 Å². The van der Waals surface area contributed by atoms with Crippen LogP contribution >= 0.6 is 0 Å². The maximum Gasteiger partial charge on any atom is 0.306 e. The number of carbonyl (C=O) groups excluding carboxylic acids is 3. The third-order valence-electron chi connectivity index (χ3n) is 17.2. The minimum Gasteiger partial charge on any atom is -0.462 e. The predicted molar refractivity (Wildman–Crippen MR) is 358 cm³/mol. The van der Waals surface area contributed by atoms with Crippen LogP contribution in [-0.4, -0.2) is 37.2 Å². The second kappa shape index (κ2) is 71.4. The normalized spacial score (nSPS) is 12.1. The molecule has 1 unspecified atom stereocenters. The highest BCUT2D eigenvalue weighted by Crippen LogP contribution is 2.19. The van der Waals surface area contributed by atoms with Crippen molar-refractivity contribution in [1.82, 2.24) is 0 Å². The molecule has 0 aliphatic carbocycles. The van der Waals surface area contributed by atoms with Crippen molar-refractivity contribution in [3.63, 3.8) is 0 Å². The summed E-state index contributed by atoms with van der Waals surface area (Å²) in [5.74, 6) is -0.832. The van der Waals surface area contributed by atoms with Crippen LogP contribution in [0.4, 0.5) is 0 Å². The van der Waals surface area contributed by atoms with Gasteiger partial charge in [0.05, 0.1) is 0 Å². The fraction of sp³-hybridized carbons (Fsp3) is 0.908. The molecule has 0 aliphatic heterocycles. The first-order valence-electron chi connectivity index (χ1n) is 37.3. The molecule has 0 bridgehead atoms. The number of esters is 3. The zero-order chi connectivity index (χ0) is 59.2. The van der Waals surface area contributed by atoms with Gasteiger partial charge >= 0.3 is 17.9 Å². The highest BCUT2D eigenvalue weighted by Gasteiger charge is 2.20. The van der Waals surface area contributed by atoms with E-state index in [1.54, 1.807) is 0 Å². The number of ether oxygens (including phenoxy) is 3. The van der Waals surface area contributed by atoms with Crippen LogP contribution in [0.15, 0.2) is 24.3 Å². The Labute approximate surface area is 513 Å². The number of allylic oxidation sites excluding steroid dienone is 4. The molecule has 0 aromatic rings. The third kappa shape index (κ3) is 68.7. The van der Waals surface area contributed by atoms with E-state index in [1.165, 1.54) is 327 Å². The molecule has 0 heterocycles. The van der Waals surface area contributed by atoms with Gasteiger partial charge in [-0.1, -0.05) is 360 Å². The second-order valence-corrected chi connectivity index (χ2v) is 25.6. The van der Waals surface area contributed by atoms with Crippen molar-refractivity contribution in [2.75, 3.05) is 13.2 Å². The van der Waals surface area contributed by atoms with Gasteiger partial charge < -0.3 is 14.2 Å². The highest BCUT2D eigenvalue weighted by molar-refractivity contribution is 5.71. The van der Waals surface area contributed by atoms with Crippen LogP contribution in [0, 0.1) is 0 Å². The number of unbranched alkanes of at least 4 members (excludes halogenated alkanes) is 55. The molecule has 0 amide bonds. The van der Waals surface area contributed by atoms with E-state index in [1.807, 2.05) is 0 Å². The summed E-state index contributed by atoms with van der Waals surface area (Å²) in [6.45, 7) is 6.73. The average Bonchev–Trinajstić information content (AvgIpc) is 3.47. The molecule has 0 N–H and O–H groups in total. The maximum absolute atomic E-state index is 13.0. The molecule has 0 spiro atoms. The fourth-order valence-corrected chi connectivity index (χ4v) is 11.6. The zero-order valence-corrected chi connectivity index (χ0v) is 55.8. The van der Waals surface area contributed by atoms with Gasteiger partial charge in [-0.25, -0.2) is 0 Å². The lowest BCUT2D eigenvalue weighted by atomic mass is 10.0. The predicted octanol–water partition coefficient (Wildman–Crippen LogP) is 25.7. The Bertz CT molecular complexity index is 1320. The van der Waals surface area contributed by atoms with Crippen molar-refractivity contribution in [3.05, 3.63) is 24.3 Å². The van der Waals surface area contributed by atoms with Crippen molar-refractivity contribution in [2.24, 2.45) is 0 Å². The molecule has 0 saturated carbocycles. The summed E-state index contributed by atoms with van der Waals surface area (Å²) in [4.78, 5) is 38.5. The summed E-state index contributed by atoms with van der Waals surface area (Å²) >= 11 is 0. The van der Waals surface area contributed by atoms with E-state index in [2.05, 4.69) is 45.1 Å². The van der Waals surface area contributed by atoms with Crippen molar-refractivity contribution in [1.29, 1.82) is 0 Å². The van der Waals surface area contributed by atoms with Crippen LogP contribution in [0.2, 0.25) is 0 Å². The summed E-state index contributed by atoms with van der Waals surface area (Å²) in [5, 5.41) is 0. The third-order valence-corrected chi connectivity index (χ3v) is 17.2. The van der Waals surface area contributed by atoms with Crippen molar-refractivity contribution >= 4 is 17.9 Å². The topological polar surface area (TPSA) is 78.9 Å². The molecule has 1 atom stereocenters. The Morgan fingerprint density at radius 2 is 0.402 bits per heavy atom. The number of rotatable bonds is 70. The average molecular weight is 1150 g/mol. The Morgan fingerprint density at radius 3 is 0.610 bits per heavy atom. The Hall–Kier alpha value is -2.11. The van der Waals surface area contributed by atoms with E-state index in [4.69, 9.17) is 14.2 Å². The van der Waals surface area contributed by atoms with E-state index in [0.29, 0.717) is 19.3 Å². The molecule has 0 rings (SSSR count). The minimum absolute atomic E-state index is 0.0657. The fourth-order valence-electron chi connectivity index (χ4n) is 11.6. The molecule has 0 aromatic heterocycles. The van der Waals surface area contributed by atoms with Crippen LogP contribution in [0.25, 0.3) is 0 Å². The first kappa shape index (κ1) is 79.9. The van der Waals surface area contributed by atoms with Crippen molar-refractivity contribution < 1.29 is 28.6 Å². The highest BCUT2D eigenvalue weighted by atomic mass is 16.6. The van der Waals surface area contributed by atoms with E-state index >= 15 is 0 Å². The smallest absolute Gasteiger partial charge is 0.306 e. The van der Waals surface area contributed by atoms with E-state index < -0.39 is 6.10 Å². The van der Waals surface area contributed by atoms with Gasteiger partial charge in [-0.05, 0) is 70.6 Å². The lowest BCUT2D eigenvalue weighted by molar-refractivity contribution is -0.167. The standard InChI is InChI=1S/C76H144O6/c1-4-7-10-13-16-19-22-25-28-31-34-36-37-38-39-41-42-45-48-51-54-57-60-63-66-69-75(78)81-72-73(71-80-74(77)68-65-62-59-56-53-50-47-44-33-30-27-24-21-18-15-12-9-6-3)82-76(79)70-67-64-61-58-55-52-49-46-43-40-35-32-29-26-23-20-17-14-11-8-5-2/h31-32,34-35,73H,4-30,33,36-72H2,1-3H3/b34-31-,35-32-. The van der Waals surface area contributed by atoms with Crippen LogP contribution in [0.3, 0.4) is 0 Å². The van der Waals surface area contributed by atoms with Gasteiger partial charge in [0, 0.05) is 19.3 Å². The molecule has 0 aliphatic rings. The summed E-state index contributed by atoms with van der Waals surface area (Å²) in [7, 11) is 0. The SMILES string of the molecule is CCCCCCCCCC/C=C\CCCCCCCCCCCCCCCC(=O)OCC(COC(=O)CCCCCCCCCCCCCCCCCCCC)OC(=O)CCCCCCCCCCC/C=C\CCCCCCCCCC. The van der Waals surface area contributed by atoms with Gasteiger partial charge in [0.15, 0.2) is 6.10 Å². The summed E-state index contributed by atoms with van der Waals surface area (Å²) in [6.07, 6.45) is 87.8. The molecule has 0 radical (unpaired) electrons. The van der Waals surface area contributed by atoms with Crippen molar-refractivity contribution in [3.8, 4) is 0 Å². The van der Waals surface area contributed by atoms with Gasteiger partial charge in [-0.2, -0.15) is 0 Å². The Kier molecular flexibility index (Phi) is 69.5. The molecule has 6 nitrogen and oxygen atoms in total. The second-order valence-electron chi connectivity index (χ2n) is 25.6. The minimum atomic E-state index is -0.771. The van der Waals surface area contributed by atoms with Gasteiger partial charge in [-0.3, -0.25) is 14.4 Å².